The first-order chi connectivity index (χ1) is 6.27. The Hall–Kier alpha value is -0.870. The van der Waals surface area contributed by atoms with Crippen LogP contribution in [0.25, 0.3) is 0 Å². The Morgan fingerprint density at radius 3 is 3.15 bits per heavy atom. The molecule has 0 radical (unpaired) electrons. The molecule has 4 nitrogen and oxygen atoms in total. The van der Waals surface area contributed by atoms with Crippen LogP contribution in [0.4, 0.5) is 0 Å². The predicted molar refractivity (Wildman–Crippen MR) is 51.1 cm³/mol. The van der Waals surface area contributed by atoms with Crippen LogP contribution in [0.3, 0.4) is 0 Å². The Morgan fingerprint density at radius 1 is 1.77 bits per heavy atom. The molecule has 2 rings (SSSR count). The second kappa shape index (κ2) is 3.47. The van der Waals surface area contributed by atoms with Gasteiger partial charge in [-0.1, -0.05) is 0 Å². The fourth-order valence-electron chi connectivity index (χ4n) is 1.84. The molecule has 72 valence electrons. The van der Waals surface area contributed by atoms with E-state index in [4.69, 9.17) is 5.73 Å². The first-order valence-electron chi connectivity index (χ1n) is 4.73. The molecule has 0 bridgehead atoms. The number of rotatable bonds is 2. The van der Waals surface area contributed by atoms with Gasteiger partial charge in [0.15, 0.2) is 0 Å². The van der Waals surface area contributed by atoms with Crippen LogP contribution < -0.4 is 11.1 Å². The van der Waals surface area contributed by atoms with Crippen LogP contribution in [0.1, 0.15) is 18.2 Å². The van der Waals surface area contributed by atoms with Crippen LogP contribution in [-0.2, 0) is 7.05 Å². The van der Waals surface area contributed by atoms with Gasteiger partial charge < -0.3 is 11.1 Å². The summed E-state index contributed by atoms with van der Waals surface area (Å²) in [6.45, 7) is 2.11. The fraction of sp³-hybridized carbons (Fsp3) is 0.667. The summed E-state index contributed by atoms with van der Waals surface area (Å²) < 4.78 is 1.80. The van der Waals surface area contributed by atoms with Crippen molar-refractivity contribution in [2.75, 3.05) is 13.1 Å². The molecule has 1 fully saturated rings. The lowest BCUT2D eigenvalue weighted by Gasteiger charge is -2.15. The molecule has 0 aliphatic carbocycles. The molecule has 0 spiro atoms. The van der Waals surface area contributed by atoms with Gasteiger partial charge in [0, 0.05) is 13.2 Å². The number of nitrogens with one attached hydrogen (secondary N) is 1. The van der Waals surface area contributed by atoms with Crippen molar-refractivity contribution in [2.45, 2.75) is 12.5 Å². The van der Waals surface area contributed by atoms with Gasteiger partial charge in [-0.15, -0.1) is 0 Å². The van der Waals surface area contributed by atoms with Gasteiger partial charge in [-0.2, -0.15) is 5.10 Å². The number of nitrogens with zero attached hydrogens (tertiary/aromatic N) is 2. The number of aryl methyl sites for hydroxylation is 1. The molecule has 2 heterocycles. The third kappa shape index (κ3) is 1.73. The molecule has 1 aliphatic heterocycles. The molecule has 1 aromatic heterocycles. The highest BCUT2D eigenvalue weighted by Gasteiger charge is 2.24. The van der Waals surface area contributed by atoms with Gasteiger partial charge in [0.25, 0.3) is 0 Å². The molecule has 0 amide bonds. The average molecular weight is 180 g/mol. The van der Waals surface area contributed by atoms with Crippen molar-refractivity contribution in [3.05, 3.63) is 18.0 Å². The molecular formula is C9H16N4. The van der Waals surface area contributed by atoms with Crippen LogP contribution in [0.2, 0.25) is 0 Å². The topological polar surface area (TPSA) is 55.9 Å². The van der Waals surface area contributed by atoms with E-state index >= 15 is 0 Å². The van der Waals surface area contributed by atoms with E-state index in [2.05, 4.69) is 10.4 Å². The van der Waals surface area contributed by atoms with Crippen molar-refractivity contribution in [1.29, 1.82) is 0 Å². The monoisotopic (exact) mass is 180 g/mol. The second-order valence-electron chi connectivity index (χ2n) is 3.69. The van der Waals surface area contributed by atoms with Crippen molar-refractivity contribution in [3.8, 4) is 0 Å². The van der Waals surface area contributed by atoms with Gasteiger partial charge in [0.2, 0.25) is 0 Å². The average Bonchev–Trinajstić information content (AvgIpc) is 2.72. The van der Waals surface area contributed by atoms with Crippen molar-refractivity contribution in [2.24, 2.45) is 18.7 Å². The van der Waals surface area contributed by atoms with Crippen molar-refractivity contribution >= 4 is 0 Å². The smallest absolute Gasteiger partial charge is 0.0794 e. The minimum Gasteiger partial charge on any atom is -0.322 e. The third-order valence-electron chi connectivity index (χ3n) is 2.68. The summed E-state index contributed by atoms with van der Waals surface area (Å²) in [5.74, 6) is 0.551. The van der Waals surface area contributed by atoms with Crippen LogP contribution in [0.5, 0.6) is 0 Å². The highest BCUT2D eigenvalue weighted by molar-refractivity contribution is 5.07. The lowest BCUT2D eigenvalue weighted by atomic mass is 9.97. The lowest BCUT2D eigenvalue weighted by Crippen LogP contribution is -2.24. The maximum atomic E-state index is 6.10. The maximum Gasteiger partial charge on any atom is 0.0794 e. The summed E-state index contributed by atoms with van der Waals surface area (Å²) >= 11 is 0. The van der Waals surface area contributed by atoms with Crippen LogP contribution >= 0.6 is 0 Å². The van der Waals surface area contributed by atoms with E-state index in [9.17, 15) is 0 Å². The van der Waals surface area contributed by atoms with E-state index in [-0.39, 0.29) is 6.04 Å². The Bertz CT molecular complexity index is 275. The van der Waals surface area contributed by atoms with Crippen LogP contribution in [0.15, 0.2) is 12.3 Å². The summed E-state index contributed by atoms with van der Waals surface area (Å²) in [5.41, 5.74) is 7.11. The van der Waals surface area contributed by atoms with Gasteiger partial charge >= 0.3 is 0 Å². The number of aromatic nitrogens is 2. The molecule has 1 saturated heterocycles. The van der Waals surface area contributed by atoms with Gasteiger partial charge in [-0.25, -0.2) is 0 Å². The fourth-order valence-corrected chi connectivity index (χ4v) is 1.84. The predicted octanol–water partition coefficient (Wildman–Crippen LogP) is 0.0294. The molecule has 4 heteroatoms. The summed E-state index contributed by atoms with van der Waals surface area (Å²) in [4.78, 5) is 0. The normalized spacial score (nSPS) is 24.9. The molecule has 0 saturated carbocycles. The number of hydrogen-bond acceptors (Lipinski definition) is 3. The Kier molecular flexibility index (Phi) is 2.33. The molecular weight excluding hydrogens is 164 g/mol. The van der Waals surface area contributed by atoms with E-state index in [0.717, 1.165) is 25.2 Å². The van der Waals surface area contributed by atoms with E-state index in [0.29, 0.717) is 5.92 Å². The van der Waals surface area contributed by atoms with Gasteiger partial charge in [0.05, 0.1) is 11.7 Å². The summed E-state index contributed by atoms with van der Waals surface area (Å²) in [5, 5.41) is 7.63. The van der Waals surface area contributed by atoms with E-state index in [1.54, 1.807) is 4.68 Å². The Balaban J connectivity index is 2.07. The zero-order valence-electron chi connectivity index (χ0n) is 7.90. The molecule has 13 heavy (non-hydrogen) atoms. The summed E-state index contributed by atoms with van der Waals surface area (Å²) in [6.07, 6.45) is 3.11. The molecule has 1 aliphatic rings. The van der Waals surface area contributed by atoms with E-state index in [1.165, 1.54) is 0 Å². The van der Waals surface area contributed by atoms with E-state index in [1.807, 2.05) is 19.3 Å². The maximum absolute atomic E-state index is 6.10. The van der Waals surface area contributed by atoms with Crippen LogP contribution in [-0.4, -0.2) is 22.9 Å². The largest absolute Gasteiger partial charge is 0.322 e. The van der Waals surface area contributed by atoms with E-state index < -0.39 is 0 Å². The van der Waals surface area contributed by atoms with Gasteiger partial charge in [-0.05, 0) is 31.5 Å². The Labute approximate surface area is 78.1 Å². The first-order valence-corrected chi connectivity index (χ1v) is 4.73. The minimum atomic E-state index is 0.0937. The minimum absolute atomic E-state index is 0.0937. The van der Waals surface area contributed by atoms with Crippen molar-refractivity contribution < 1.29 is 0 Å². The van der Waals surface area contributed by atoms with Crippen molar-refractivity contribution in [1.82, 2.24) is 15.1 Å². The first kappa shape index (κ1) is 8.72. The van der Waals surface area contributed by atoms with Crippen molar-refractivity contribution in [3.63, 3.8) is 0 Å². The molecule has 1 aromatic rings. The summed E-state index contributed by atoms with van der Waals surface area (Å²) in [6, 6.07) is 2.10. The zero-order chi connectivity index (χ0) is 9.26. The second-order valence-corrected chi connectivity index (χ2v) is 3.69. The standard InChI is InChI=1S/C9H16N4/c1-13-5-3-8(12-13)9(10)7-2-4-11-6-7/h3,5,7,9,11H,2,4,6,10H2,1H3. The number of hydrogen-bond donors (Lipinski definition) is 2. The van der Waals surface area contributed by atoms with Crippen LogP contribution in [0, 0.1) is 5.92 Å². The van der Waals surface area contributed by atoms with Gasteiger partial charge in [-0.3, -0.25) is 4.68 Å². The van der Waals surface area contributed by atoms with Gasteiger partial charge in [0.1, 0.15) is 0 Å². The SMILES string of the molecule is Cn1ccc(C(N)C2CCNC2)n1. The molecule has 3 N–H and O–H groups in total. The summed E-state index contributed by atoms with van der Waals surface area (Å²) in [7, 11) is 1.92. The lowest BCUT2D eigenvalue weighted by molar-refractivity contribution is 0.457. The zero-order valence-corrected chi connectivity index (χ0v) is 7.90. The highest BCUT2D eigenvalue weighted by atomic mass is 15.3. The quantitative estimate of drug-likeness (QED) is 0.675. The number of nitrogens with two attached hydrogens (primary N) is 1. The molecule has 0 aromatic carbocycles. The highest BCUT2D eigenvalue weighted by Crippen LogP contribution is 2.22. The third-order valence-corrected chi connectivity index (χ3v) is 2.68. The Morgan fingerprint density at radius 2 is 2.62 bits per heavy atom. The molecule has 2 atom stereocenters. The molecule has 2 unspecified atom stereocenters.